The molecule has 0 aromatic heterocycles. The zero-order valence-electron chi connectivity index (χ0n) is 12.6. The lowest BCUT2D eigenvalue weighted by Gasteiger charge is -2.35. The maximum absolute atomic E-state index is 9.74. The van der Waals surface area contributed by atoms with E-state index in [9.17, 15) is 5.11 Å². The average Bonchev–Trinajstić information content (AvgIpc) is 2.44. The van der Waals surface area contributed by atoms with Crippen LogP contribution in [-0.4, -0.2) is 49.3 Å². The Bertz CT molecular complexity index is 431. The number of hydrogen-bond acceptors (Lipinski definition) is 3. The molecule has 3 nitrogen and oxygen atoms in total. The Labute approximate surface area is 116 Å². The van der Waals surface area contributed by atoms with Crippen LogP contribution in [0.3, 0.4) is 0 Å². The van der Waals surface area contributed by atoms with Crippen molar-refractivity contribution in [2.75, 3.05) is 38.2 Å². The van der Waals surface area contributed by atoms with Gasteiger partial charge in [-0.25, -0.2) is 0 Å². The molecule has 3 heteroatoms. The molecule has 0 spiro atoms. The number of anilines is 1. The lowest BCUT2D eigenvalue weighted by Crippen LogP contribution is -2.44. The summed E-state index contributed by atoms with van der Waals surface area (Å²) in [4.78, 5) is 4.70. The molecule has 2 rings (SSSR count). The number of rotatable bonds is 2. The number of hydrogen-bond donors (Lipinski definition) is 1. The van der Waals surface area contributed by atoms with Crippen molar-refractivity contribution in [1.82, 2.24) is 4.90 Å². The fourth-order valence-electron chi connectivity index (χ4n) is 3.16. The van der Waals surface area contributed by atoms with Gasteiger partial charge in [-0.1, -0.05) is 26.0 Å². The van der Waals surface area contributed by atoms with E-state index in [1.807, 2.05) is 0 Å². The van der Waals surface area contributed by atoms with Crippen molar-refractivity contribution >= 4 is 5.69 Å². The van der Waals surface area contributed by atoms with Gasteiger partial charge < -0.3 is 14.9 Å². The van der Waals surface area contributed by atoms with E-state index in [0.717, 1.165) is 19.6 Å². The topological polar surface area (TPSA) is 26.7 Å². The minimum absolute atomic E-state index is 0.175. The molecular weight excluding hydrogens is 236 g/mol. The van der Waals surface area contributed by atoms with Crippen LogP contribution in [0.1, 0.15) is 19.4 Å². The van der Waals surface area contributed by atoms with Crippen LogP contribution in [0.25, 0.3) is 0 Å². The smallest absolute Gasteiger partial charge is 0.0648 e. The molecule has 19 heavy (non-hydrogen) atoms. The molecule has 1 heterocycles. The lowest BCUT2D eigenvalue weighted by molar-refractivity contribution is 0.213. The van der Waals surface area contributed by atoms with Gasteiger partial charge >= 0.3 is 0 Å². The largest absolute Gasteiger partial charge is 0.394 e. The van der Waals surface area contributed by atoms with Crippen LogP contribution in [0, 0.1) is 12.3 Å². The average molecular weight is 262 g/mol. The summed E-state index contributed by atoms with van der Waals surface area (Å²) in [6.45, 7) is 9.87. The summed E-state index contributed by atoms with van der Waals surface area (Å²) in [6.07, 6.45) is 0. The van der Waals surface area contributed by atoms with Crippen LogP contribution in [0.15, 0.2) is 24.3 Å². The highest BCUT2D eigenvalue weighted by molar-refractivity contribution is 5.50. The van der Waals surface area contributed by atoms with E-state index >= 15 is 0 Å². The van der Waals surface area contributed by atoms with E-state index in [1.165, 1.54) is 11.3 Å². The van der Waals surface area contributed by atoms with Crippen LogP contribution < -0.4 is 4.90 Å². The van der Waals surface area contributed by atoms with E-state index in [1.54, 1.807) is 0 Å². The molecule has 1 fully saturated rings. The van der Waals surface area contributed by atoms with Gasteiger partial charge in [0.25, 0.3) is 0 Å². The van der Waals surface area contributed by atoms with Gasteiger partial charge in [0.15, 0.2) is 0 Å². The standard InChI is InChI=1S/C16H26N2O/c1-13-6-5-7-14(8-13)18-12-16(2,3)11-17(4)9-15(18)10-19/h5-8,15,19H,9-12H2,1-4H3. The first-order valence-electron chi connectivity index (χ1n) is 7.04. The Morgan fingerprint density at radius 1 is 1.32 bits per heavy atom. The number of aliphatic hydroxyl groups is 1. The second-order valence-electron chi connectivity index (χ2n) is 6.66. The van der Waals surface area contributed by atoms with E-state index in [4.69, 9.17) is 0 Å². The molecule has 0 bridgehead atoms. The van der Waals surface area contributed by atoms with Gasteiger partial charge in [-0.05, 0) is 37.1 Å². The van der Waals surface area contributed by atoms with E-state index < -0.39 is 0 Å². The summed E-state index contributed by atoms with van der Waals surface area (Å²) in [5, 5.41) is 9.74. The van der Waals surface area contributed by atoms with E-state index in [-0.39, 0.29) is 18.1 Å². The van der Waals surface area contributed by atoms with Gasteiger partial charge in [0, 0.05) is 25.3 Å². The molecule has 1 unspecified atom stereocenters. The van der Waals surface area contributed by atoms with Gasteiger partial charge in [0.05, 0.1) is 12.6 Å². The number of nitrogens with zero attached hydrogens (tertiary/aromatic N) is 2. The molecule has 0 radical (unpaired) electrons. The van der Waals surface area contributed by atoms with Gasteiger partial charge in [-0.15, -0.1) is 0 Å². The highest BCUT2D eigenvalue weighted by Crippen LogP contribution is 2.28. The van der Waals surface area contributed by atoms with Crippen LogP contribution in [-0.2, 0) is 0 Å². The van der Waals surface area contributed by atoms with Gasteiger partial charge in [0.2, 0.25) is 0 Å². The van der Waals surface area contributed by atoms with Crippen molar-refractivity contribution < 1.29 is 5.11 Å². The van der Waals surface area contributed by atoms with E-state index in [0.29, 0.717) is 0 Å². The number of aliphatic hydroxyl groups excluding tert-OH is 1. The number of likely N-dealkylation sites (N-methyl/N-ethyl adjacent to an activating group) is 1. The van der Waals surface area contributed by atoms with Crippen molar-refractivity contribution in [3.8, 4) is 0 Å². The van der Waals surface area contributed by atoms with Gasteiger partial charge in [-0.2, -0.15) is 0 Å². The van der Waals surface area contributed by atoms with Crippen molar-refractivity contribution in [2.24, 2.45) is 5.41 Å². The Balaban J connectivity index is 2.33. The first-order valence-corrected chi connectivity index (χ1v) is 7.04. The molecule has 1 aliphatic heterocycles. The summed E-state index contributed by atoms with van der Waals surface area (Å²) in [6, 6.07) is 8.75. The highest BCUT2D eigenvalue weighted by atomic mass is 16.3. The predicted molar refractivity (Wildman–Crippen MR) is 80.7 cm³/mol. The van der Waals surface area contributed by atoms with Crippen LogP contribution in [0.5, 0.6) is 0 Å². The normalized spacial score (nSPS) is 24.3. The summed E-state index contributed by atoms with van der Waals surface area (Å²) >= 11 is 0. The van der Waals surface area contributed by atoms with Crippen LogP contribution in [0.4, 0.5) is 5.69 Å². The maximum atomic E-state index is 9.74. The third kappa shape index (κ3) is 3.48. The molecule has 0 aliphatic carbocycles. The molecule has 1 aliphatic rings. The third-order valence-corrected chi connectivity index (χ3v) is 3.80. The molecule has 0 amide bonds. The monoisotopic (exact) mass is 262 g/mol. The minimum atomic E-state index is 0.175. The summed E-state index contributed by atoms with van der Waals surface area (Å²) < 4.78 is 0. The Morgan fingerprint density at radius 2 is 2.05 bits per heavy atom. The first-order chi connectivity index (χ1) is 8.91. The Kier molecular flexibility index (Phi) is 4.16. The maximum Gasteiger partial charge on any atom is 0.0648 e. The van der Waals surface area contributed by atoms with Crippen molar-refractivity contribution in [3.63, 3.8) is 0 Å². The van der Waals surface area contributed by atoms with Gasteiger partial charge in [0.1, 0.15) is 0 Å². The van der Waals surface area contributed by atoms with E-state index in [2.05, 4.69) is 61.9 Å². The minimum Gasteiger partial charge on any atom is -0.394 e. The van der Waals surface area contributed by atoms with Gasteiger partial charge in [-0.3, -0.25) is 0 Å². The fourth-order valence-corrected chi connectivity index (χ4v) is 3.16. The second-order valence-corrected chi connectivity index (χ2v) is 6.66. The molecule has 1 saturated heterocycles. The highest BCUT2D eigenvalue weighted by Gasteiger charge is 2.32. The zero-order chi connectivity index (χ0) is 14.0. The molecule has 0 saturated carbocycles. The second kappa shape index (κ2) is 5.51. The molecular formula is C16H26N2O. The fraction of sp³-hybridized carbons (Fsp3) is 0.625. The Morgan fingerprint density at radius 3 is 2.68 bits per heavy atom. The SMILES string of the molecule is Cc1cccc(N2CC(C)(C)CN(C)CC2CO)c1. The molecule has 1 N–H and O–H groups in total. The quantitative estimate of drug-likeness (QED) is 0.884. The van der Waals surface area contributed by atoms with Crippen molar-refractivity contribution in [1.29, 1.82) is 0 Å². The molecule has 1 atom stereocenters. The number of aryl methyl sites for hydroxylation is 1. The predicted octanol–water partition coefficient (Wildman–Crippen LogP) is 2.13. The van der Waals surface area contributed by atoms with Crippen LogP contribution in [0.2, 0.25) is 0 Å². The molecule has 1 aromatic carbocycles. The summed E-state index contributed by atoms with van der Waals surface area (Å²) in [7, 11) is 2.14. The first kappa shape index (κ1) is 14.4. The van der Waals surface area contributed by atoms with Crippen LogP contribution >= 0.6 is 0 Å². The lowest BCUT2D eigenvalue weighted by atomic mass is 9.92. The van der Waals surface area contributed by atoms with Crippen molar-refractivity contribution in [3.05, 3.63) is 29.8 Å². The summed E-state index contributed by atoms with van der Waals surface area (Å²) in [5.74, 6) is 0. The molecule has 106 valence electrons. The zero-order valence-corrected chi connectivity index (χ0v) is 12.6. The summed E-state index contributed by atoms with van der Waals surface area (Å²) in [5.41, 5.74) is 2.72. The molecule has 1 aromatic rings. The van der Waals surface area contributed by atoms with Crippen molar-refractivity contribution in [2.45, 2.75) is 26.8 Å². The number of benzene rings is 1. The Hall–Kier alpha value is -1.06. The third-order valence-electron chi connectivity index (χ3n) is 3.80.